The van der Waals surface area contributed by atoms with Crippen molar-refractivity contribution >= 4 is 0 Å². The largest absolute Gasteiger partial charge is 0.243 e. The standard InChI is InChI=1S/C23H39N6/c1-24-15-17-26(21-24)11-7-3-5-9-13-28-19-20-29(23-28)14-10-6-4-8-12-27-18-16-25(2)22-27/h15-23H,3-14H2,1-2H3/q+3. The van der Waals surface area contributed by atoms with E-state index >= 15 is 0 Å². The summed E-state index contributed by atoms with van der Waals surface area (Å²) in [4.78, 5) is 0. The molecule has 0 atom stereocenters. The highest BCUT2D eigenvalue weighted by atomic mass is 15.1. The van der Waals surface area contributed by atoms with Crippen LogP contribution in [0.5, 0.6) is 0 Å². The van der Waals surface area contributed by atoms with Gasteiger partial charge in [0.25, 0.3) is 0 Å². The predicted octanol–water partition coefficient (Wildman–Crippen LogP) is 2.55. The first-order valence-electron chi connectivity index (χ1n) is 11.3. The first-order chi connectivity index (χ1) is 14.2. The molecule has 158 valence electrons. The molecule has 6 nitrogen and oxygen atoms in total. The van der Waals surface area contributed by atoms with Crippen molar-refractivity contribution in [1.29, 1.82) is 0 Å². The van der Waals surface area contributed by atoms with Gasteiger partial charge in [-0.25, -0.2) is 27.4 Å². The average Bonchev–Trinajstić information content (AvgIpc) is 3.43. The van der Waals surface area contributed by atoms with Crippen LogP contribution < -0.4 is 13.7 Å². The monoisotopic (exact) mass is 399 g/mol. The average molecular weight is 400 g/mol. The molecule has 0 saturated carbocycles. The summed E-state index contributed by atoms with van der Waals surface area (Å²) in [5.74, 6) is 0. The van der Waals surface area contributed by atoms with Crippen molar-refractivity contribution in [3.05, 3.63) is 56.2 Å². The summed E-state index contributed by atoms with van der Waals surface area (Å²) >= 11 is 0. The minimum atomic E-state index is 1.13. The van der Waals surface area contributed by atoms with Gasteiger partial charge in [-0.05, 0) is 51.4 Å². The Bertz CT molecular complexity index is 761. The Kier molecular flexibility index (Phi) is 8.53. The van der Waals surface area contributed by atoms with Crippen molar-refractivity contribution in [2.45, 2.75) is 77.5 Å². The Balaban J connectivity index is 1.18. The normalized spacial score (nSPS) is 11.4. The predicted molar refractivity (Wildman–Crippen MR) is 113 cm³/mol. The molecule has 3 aromatic rings. The molecule has 3 heterocycles. The van der Waals surface area contributed by atoms with Crippen molar-refractivity contribution < 1.29 is 13.7 Å². The Morgan fingerprint density at radius 2 is 0.966 bits per heavy atom. The van der Waals surface area contributed by atoms with Crippen LogP contribution in [0.25, 0.3) is 0 Å². The van der Waals surface area contributed by atoms with Gasteiger partial charge in [-0.1, -0.05) is 0 Å². The maximum Gasteiger partial charge on any atom is 0.243 e. The quantitative estimate of drug-likeness (QED) is 0.294. The maximum absolute atomic E-state index is 2.35. The molecule has 0 unspecified atom stereocenters. The van der Waals surface area contributed by atoms with Crippen molar-refractivity contribution in [2.24, 2.45) is 14.1 Å². The van der Waals surface area contributed by atoms with E-state index in [4.69, 9.17) is 0 Å². The minimum Gasteiger partial charge on any atom is -0.240 e. The number of aromatic nitrogens is 6. The van der Waals surface area contributed by atoms with Crippen LogP contribution in [0.15, 0.2) is 56.2 Å². The number of imidazole rings is 3. The minimum absolute atomic E-state index is 1.13. The fourth-order valence-corrected chi connectivity index (χ4v) is 3.86. The molecule has 3 rings (SSSR count). The van der Waals surface area contributed by atoms with Gasteiger partial charge in [0.15, 0.2) is 0 Å². The lowest BCUT2D eigenvalue weighted by Crippen LogP contribution is -2.30. The summed E-state index contributed by atoms with van der Waals surface area (Å²) in [6, 6.07) is 0. The number of nitrogens with zero attached hydrogens (tertiary/aromatic N) is 6. The van der Waals surface area contributed by atoms with Crippen LogP contribution in [-0.2, 0) is 40.3 Å². The molecule has 0 N–H and O–H groups in total. The number of hydrogen-bond donors (Lipinski definition) is 0. The lowest BCUT2D eigenvalue weighted by atomic mass is 10.2. The highest BCUT2D eigenvalue weighted by Crippen LogP contribution is 2.05. The third kappa shape index (κ3) is 7.87. The molecule has 0 aliphatic carbocycles. The summed E-state index contributed by atoms with van der Waals surface area (Å²) in [5, 5.41) is 0. The second-order valence-electron chi connectivity index (χ2n) is 8.35. The maximum atomic E-state index is 2.35. The smallest absolute Gasteiger partial charge is 0.240 e. The van der Waals surface area contributed by atoms with Gasteiger partial charge in [-0.3, -0.25) is 0 Å². The molecule has 0 amide bonds. The molecular formula is C23H39N6+3. The van der Waals surface area contributed by atoms with Gasteiger partial charge in [0.1, 0.15) is 37.2 Å². The number of unbranched alkanes of at least 4 members (excludes halogenated alkanes) is 6. The lowest BCUT2D eigenvalue weighted by Gasteiger charge is -2.00. The Morgan fingerprint density at radius 1 is 0.517 bits per heavy atom. The van der Waals surface area contributed by atoms with Crippen molar-refractivity contribution in [2.75, 3.05) is 0 Å². The first kappa shape index (κ1) is 21.3. The Morgan fingerprint density at radius 3 is 1.45 bits per heavy atom. The topological polar surface area (TPSA) is 26.4 Å². The van der Waals surface area contributed by atoms with Crippen LogP contribution in [-0.4, -0.2) is 13.7 Å². The number of aryl methyl sites for hydroxylation is 6. The molecule has 0 aliphatic heterocycles. The van der Waals surface area contributed by atoms with Gasteiger partial charge in [0.05, 0.1) is 40.3 Å². The highest BCUT2D eigenvalue weighted by molar-refractivity contribution is 4.68. The van der Waals surface area contributed by atoms with Crippen LogP contribution in [0.4, 0.5) is 0 Å². The molecule has 6 heteroatoms. The van der Waals surface area contributed by atoms with E-state index in [1.165, 1.54) is 51.4 Å². The molecule has 0 fully saturated rings. The summed E-state index contributed by atoms with van der Waals surface area (Å²) in [6.07, 6.45) is 29.9. The van der Waals surface area contributed by atoms with Gasteiger partial charge in [0.2, 0.25) is 19.0 Å². The second-order valence-corrected chi connectivity index (χ2v) is 8.35. The van der Waals surface area contributed by atoms with Crippen LogP contribution >= 0.6 is 0 Å². The van der Waals surface area contributed by atoms with Crippen molar-refractivity contribution in [3.63, 3.8) is 0 Å². The van der Waals surface area contributed by atoms with Crippen LogP contribution in [0.2, 0.25) is 0 Å². The van der Waals surface area contributed by atoms with E-state index < -0.39 is 0 Å². The van der Waals surface area contributed by atoms with Gasteiger partial charge >= 0.3 is 0 Å². The molecule has 0 bridgehead atoms. The third-order valence-corrected chi connectivity index (χ3v) is 5.56. The third-order valence-electron chi connectivity index (χ3n) is 5.56. The zero-order valence-corrected chi connectivity index (χ0v) is 18.4. The van der Waals surface area contributed by atoms with Gasteiger partial charge < -0.3 is 0 Å². The van der Waals surface area contributed by atoms with Gasteiger partial charge in [-0.2, -0.15) is 0 Å². The van der Waals surface area contributed by atoms with E-state index in [1.54, 1.807) is 0 Å². The van der Waals surface area contributed by atoms with E-state index in [0.717, 1.165) is 26.2 Å². The van der Waals surface area contributed by atoms with Crippen LogP contribution in [0.1, 0.15) is 51.4 Å². The zero-order chi connectivity index (χ0) is 20.3. The van der Waals surface area contributed by atoms with E-state index in [-0.39, 0.29) is 0 Å². The van der Waals surface area contributed by atoms with Gasteiger partial charge in [-0.15, -0.1) is 0 Å². The summed E-state index contributed by atoms with van der Waals surface area (Å²) in [7, 11) is 4.15. The van der Waals surface area contributed by atoms with Crippen molar-refractivity contribution in [1.82, 2.24) is 13.7 Å². The van der Waals surface area contributed by atoms with Crippen LogP contribution in [0.3, 0.4) is 0 Å². The first-order valence-corrected chi connectivity index (χ1v) is 11.3. The summed E-state index contributed by atoms with van der Waals surface area (Å²) < 4.78 is 13.4. The number of hydrogen-bond acceptors (Lipinski definition) is 0. The Labute approximate surface area is 175 Å². The molecule has 0 spiro atoms. The van der Waals surface area contributed by atoms with E-state index in [0.29, 0.717) is 0 Å². The second kappa shape index (κ2) is 11.6. The molecule has 0 saturated heterocycles. The molecule has 0 aromatic carbocycles. The molecule has 0 radical (unpaired) electrons. The molecule has 29 heavy (non-hydrogen) atoms. The summed E-state index contributed by atoms with van der Waals surface area (Å²) in [6.45, 7) is 4.54. The SMILES string of the molecule is C[n+]1ccn(CCCCCCn2cc[n+](CCCCCCn3cc[n+](C)c3)c2)c1. The van der Waals surface area contributed by atoms with E-state index in [2.05, 4.69) is 97.7 Å². The lowest BCUT2D eigenvalue weighted by molar-refractivity contribution is -0.696. The number of rotatable bonds is 14. The Hall–Kier alpha value is -2.37. The zero-order valence-electron chi connectivity index (χ0n) is 18.4. The summed E-state index contributed by atoms with van der Waals surface area (Å²) in [5.41, 5.74) is 0. The molecule has 3 aromatic heterocycles. The van der Waals surface area contributed by atoms with Crippen molar-refractivity contribution in [3.8, 4) is 0 Å². The fraction of sp³-hybridized carbons (Fsp3) is 0.609. The molecule has 0 aliphatic rings. The van der Waals surface area contributed by atoms with E-state index in [1.807, 2.05) is 0 Å². The van der Waals surface area contributed by atoms with E-state index in [9.17, 15) is 0 Å². The van der Waals surface area contributed by atoms with Crippen LogP contribution in [0, 0.1) is 0 Å². The molecular weight excluding hydrogens is 360 g/mol. The highest BCUT2D eigenvalue weighted by Gasteiger charge is 2.05. The van der Waals surface area contributed by atoms with Gasteiger partial charge in [0, 0.05) is 0 Å². The fourth-order valence-electron chi connectivity index (χ4n) is 3.86.